The van der Waals surface area contributed by atoms with Crippen molar-refractivity contribution in [2.24, 2.45) is 5.73 Å². The highest BCUT2D eigenvalue weighted by molar-refractivity contribution is 7.85. The van der Waals surface area contributed by atoms with E-state index in [9.17, 15) is 4.21 Å². The highest BCUT2D eigenvalue weighted by Crippen LogP contribution is 1.99. The van der Waals surface area contributed by atoms with Gasteiger partial charge in [-0.15, -0.1) is 0 Å². The lowest BCUT2D eigenvalue weighted by atomic mass is 10.1. The van der Waals surface area contributed by atoms with Crippen molar-refractivity contribution in [3.8, 4) is 0 Å². The van der Waals surface area contributed by atoms with Gasteiger partial charge in [0, 0.05) is 35.0 Å². The van der Waals surface area contributed by atoms with E-state index >= 15 is 0 Å². The predicted molar refractivity (Wildman–Crippen MR) is 69.7 cm³/mol. The summed E-state index contributed by atoms with van der Waals surface area (Å²) in [5.41, 5.74) is 5.39. The molecule has 1 unspecified atom stereocenters. The monoisotopic (exact) mass is 267 g/mol. The molecule has 0 radical (unpaired) electrons. The zero-order valence-corrected chi connectivity index (χ0v) is 11.9. The van der Waals surface area contributed by atoms with Crippen LogP contribution >= 0.6 is 0 Å². The Hall–Kier alpha value is -0.0100. The summed E-state index contributed by atoms with van der Waals surface area (Å²) in [5.74, 6) is 1.03. The number of hydrogen-bond acceptors (Lipinski definition) is 5. The smallest absolute Gasteiger partial charge is 0.0701 e. The Balaban J connectivity index is 3.25. The Morgan fingerprint density at radius 3 is 2.12 bits per heavy atom. The van der Waals surface area contributed by atoms with Crippen LogP contribution in [0.25, 0.3) is 0 Å². The molecule has 17 heavy (non-hydrogen) atoms. The van der Waals surface area contributed by atoms with Crippen LogP contribution in [0.2, 0.25) is 0 Å². The summed E-state index contributed by atoms with van der Waals surface area (Å²) < 4.78 is 26.9. The zero-order chi connectivity index (χ0) is 13.1. The van der Waals surface area contributed by atoms with Gasteiger partial charge in [0.15, 0.2) is 0 Å². The molecule has 0 aromatic heterocycles. The van der Waals surface area contributed by atoms with Crippen LogP contribution in [0.3, 0.4) is 0 Å². The van der Waals surface area contributed by atoms with Crippen molar-refractivity contribution < 1.29 is 18.4 Å². The molecule has 0 rings (SSSR count). The molecule has 0 aliphatic heterocycles. The molecule has 1 atom stereocenters. The predicted octanol–water partition coefficient (Wildman–Crippen LogP) is 0.152. The van der Waals surface area contributed by atoms with Gasteiger partial charge < -0.3 is 19.9 Å². The van der Waals surface area contributed by atoms with Crippen molar-refractivity contribution in [1.82, 2.24) is 0 Å². The fourth-order valence-corrected chi connectivity index (χ4v) is 2.38. The molecule has 0 heterocycles. The van der Waals surface area contributed by atoms with E-state index in [1.807, 2.05) is 13.8 Å². The summed E-state index contributed by atoms with van der Waals surface area (Å²) >= 11 is 0. The summed E-state index contributed by atoms with van der Waals surface area (Å²) in [6, 6.07) is 0. The SMILES string of the molecule is COCCOCCOCCS(=O)CC(C)(C)N. The maximum absolute atomic E-state index is 11.5. The Morgan fingerprint density at radius 1 is 1.06 bits per heavy atom. The van der Waals surface area contributed by atoms with E-state index in [-0.39, 0.29) is 5.54 Å². The van der Waals surface area contributed by atoms with Crippen LogP contribution in [-0.2, 0) is 25.0 Å². The van der Waals surface area contributed by atoms with Crippen molar-refractivity contribution in [2.75, 3.05) is 51.6 Å². The van der Waals surface area contributed by atoms with Crippen LogP contribution in [0.5, 0.6) is 0 Å². The second-order valence-electron chi connectivity index (χ2n) is 4.49. The van der Waals surface area contributed by atoms with E-state index in [0.717, 1.165) is 0 Å². The van der Waals surface area contributed by atoms with Gasteiger partial charge in [0.1, 0.15) is 0 Å². The Morgan fingerprint density at radius 2 is 1.59 bits per heavy atom. The minimum Gasteiger partial charge on any atom is -0.382 e. The van der Waals surface area contributed by atoms with E-state index in [2.05, 4.69) is 0 Å². The molecular formula is C11H25NO4S. The van der Waals surface area contributed by atoms with Crippen LogP contribution < -0.4 is 5.73 Å². The van der Waals surface area contributed by atoms with Gasteiger partial charge in [0.25, 0.3) is 0 Å². The molecule has 2 N–H and O–H groups in total. The lowest BCUT2D eigenvalue weighted by molar-refractivity contribution is 0.0285. The van der Waals surface area contributed by atoms with Gasteiger partial charge >= 0.3 is 0 Å². The van der Waals surface area contributed by atoms with Crippen molar-refractivity contribution in [1.29, 1.82) is 0 Å². The molecule has 0 aromatic carbocycles. The van der Waals surface area contributed by atoms with E-state index in [1.165, 1.54) is 0 Å². The van der Waals surface area contributed by atoms with Gasteiger partial charge in [-0.2, -0.15) is 0 Å². The molecule has 0 aliphatic carbocycles. The van der Waals surface area contributed by atoms with Gasteiger partial charge in [-0.25, -0.2) is 0 Å². The fourth-order valence-electron chi connectivity index (χ4n) is 1.10. The average Bonchev–Trinajstić information content (AvgIpc) is 2.19. The zero-order valence-electron chi connectivity index (χ0n) is 11.1. The molecule has 104 valence electrons. The highest BCUT2D eigenvalue weighted by atomic mass is 32.2. The minimum atomic E-state index is -0.911. The van der Waals surface area contributed by atoms with E-state index in [4.69, 9.17) is 19.9 Å². The van der Waals surface area contributed by atoms with Gasteiger partial charge in [-0.1, -0.05) is 0 Å². The average molecular weight is 267 g/mol. The molecule has 0 fully saturated rings. The quantitative estimate of drug-likeness (QED) is 0.540. The lowest BCUT2D eigenvalue weighted by Crippen LogP contribution is -2.39. The topological polar surface area (TPSA) is 70.8 Å². The molecule has 0 aromatic rings. The Bertz CT molecular complexity index is 206. The van der Waals surface area contributed by atoms with Crippen molar-refractivity contribution in [3.63, 3.8) is 0 Å². The van der Waals surface area contributed by atoms with E-state index in [1.54, 1.807) is 7.11 Å². The third-order valence-corrected chi connectivity index (χ3v) is 3.48. The first-order valence-corrected chi connectivity index (χ1v) is 7.23. The standard InChI is InChI=1S/C11H25NO4S/c1-11(2,12)10-17(13)9-8-16-7-6-15-5-4-14-3/h4-10,12H2,1-3H3. The van der Waals surface area contributed by atoms with Gasteiger partial charge in [0.2, 0.25) is 0 Å². The summed E-state index contributed by atoms with van der Waals surface area (Å²) in [4.78, 5) is 0. The molecule has 0 amide bonds. The normalized spacial score (nSPS) is 13.9. The van der Waals surface area contributed by atoms with E-state index in [0.29, 0.717) is 44.5 Å². The molecule has 6 heteroatoms. The summed E-state index contributed by atoms with van der Waals surface area (Å²) in [6.45, 7) is 6.45. The first-order chi connectivity index (χ1) is 7.95. The largest absolute Gasteiger partial charge is 0.382 e. The van der Waals surface area contributed by atoms with Gasteiger partial charge in [0.05, 0.1) is 33.0 Å². The lowest BCUT2D eigenvalue weighted by Gasteiger charge is -2.17. The number of nitrogens with two attached hydrogens (primary N) is 1. The third kappa shape index (κ3) is 13.9. The van der Waals surface area contributed by atoms with Crippen molar-refractivity contribution >= 4 is 10.8 Å². The van der Waals surface area contributed by atoms with Crippen LogP contribution in [0.4, 0.5) is 0 Å². The number of ether oxygens (including phenoxy) is 3. The second kappa shape index (κ2) is 9.96. The van der Waals surface area contributed by atoms with Gasteiger partial charge in [-0.3, -0.25) is 4.21 Å². The first kappa shape index (κ1) is 17.0. The van der Waals surface area contributed by atoms with Crippen LogP contribution in [0.15, 0.2) is 0 Å². The van der Waals surface area contributed by atoms with Gasteiger partial charge in [-0.05, 0) is 13.8 Å². The van der Waals surface area contributed by atoms with E-state index < -0.39 is 10.8 Å². The third-order valence-electron chi connectivity index (χ3n) is 1.79. The van der Waals surface area contributed by atoms with Crippen molar-refractivity contribution in [3.05, 3.63) is 0 Å². The number of methoxy groups -OCH3 is 1. The first-order valence-electron chi connectivity index (χ1n) is 5.74. The Labute approximate surface area is 106 Å². The molecule has 0 aliphatic rings. The number of hydrogen-bond donors (Lipinski definition) is 1. The fraction of sp³-hybridized carbons (Fsp3) is 1.00. The minimum absolute atomic E-state index is 0.381. The molecule has 0 spiro atoms. The highest BCUT2D eigenvalue weighted by Gasteiger charge is 2.14. The second-order valence-corrected chi connectivity index (χ2v) is 6.07. The van der Waals surface area contributed by atoms with Crippen LogP contribution in [0, 0.1) is 0 Å². The molecule has 0 saturated carbocycles. The summed E-state index contributed by atoms with van der Waals surface area (Å²) in [5, 5.41) is 0. The van der Waals surface area contributed by atoms with Crippen LogP contribution in [0.1, 0.15) is 13.8 Å². The van der Waals surface area contributed by atoms with Crippen molar-refractivity contribution in [2.45, 2.75) is 19.4 Å². The van der Waals surface area contributed by atoms with Crippen LogP contribution in [-0.4, -0.2) is 61.4 Å². The summed E-state index contributed by atoms with van der Waals surface area (Å²) in [6.07, 6.45) is 0. The molecule has 0 bridgehead atoms. The summed E-state index contributed by atoms with van der Waals surface area (Å²) in [7, 11) is 0.723. The maximum atomic E-state index is 11.5. The Kier molecular flexibility index (Phi) is 9.96. The maximum Gasteiger partial charge on any atom is 0.0701 e. The molecular weight excluding hydrogens is 242 g/mol. The number of rotatable bonds is 11. The molecule has 0 saturated heterocycles. The molecule has 5 nitrogen and oxygen atoms in total.